The SMILES string of the molecule is CSc1cccc(N2CCC(N3CC[C@@H](NC(=O)CCC(=O)c4cccc(C)c4)C3)CC2)c1. The quantitative estimate of drug-likeness (QED) is 0.458. The molecule has 1 atom stereocenters. The van der Waals surface area contributed by atoms with Crippen LogP contribution in [0.5, 0.6) is 0 Å². The van der Waals surface area contributed by atoms with Crippen molar-refractivity contribution in [2.45, 2.75) is 56.0 Å². The van der Waals surface area contributed by atoms with Gasteiger partial charge in [0.05, 0.1) is 0 Å². The van der Waals surface area contributed by atoms with E-state index in [9.17, 15) is 9.59 Å². The molecular weight excluding hydrogens is 430 g/mol. The number of hydrogen-bond donors (Lipinski definition) is 1. The first-order valence-corrected chi connectivity index (χ1v) is 13.3. The number of carbonyl (C=O) groups is 2. The number of rotatable bonds is 8. The molecule has 0 bridgehead atoms. The molecule has 0 aliphatic carbocycles. The summed E-state index contributed by atoms with van der Waals surface area (Å²) in [5.41, 5.74) is 3.09. The molecule has 2 aliphatic heterocycles. The second-order valence-electron chi connectivity index (χ2n) is 9.26. The van der Waals surface area contributed by atoms with Crippen molar-refractivity contribution in [3.63, 3.8) is 0 Å². The number of Topliss-reactive ketones (excluding diaryl/α,β-unsaturated/α-hetero) is 1. The van der Waals surface area contributed by atoms with Crippen LogP contribution < -0.4 is 10.2 Å². The maximum Gasteiger partial charge on any atom is 0.220 e. The van der Waals surface area contributed by atoms with Gasteiger partial charge in [-0.05, 0) is 56.7 Å². The Hall–Kier alpha value is -2.31. The molecule has 2 saturated heterocycles. The topological polar surface area (TPSA) is 52.6 Å². The summed E-state index contributed by atoms with van der Waals surface area (Å²) < 4.78 is 0. The van der Waals surface area contributed by atoms with E-state index in [-0.39, 0.29) is 30.6 Å². The van der Waals surface area contributed by atoms with Gasteiger partial charge < -0.3 is 10.2 Å². The minimum atomic E-state index is -0.00801. The summed E-state index contributed by atoms with van der Waals surface area (Å²) in [6, 6.07) is 17.2. The molecule has 4 rings (SSSR count). The van der Waals surface area contributed by atoms with Crippen LogP contribution >= 0.6 is 11.8 Å². The van der Waals surface area contributed by atoms with E-state index in [2.05, 4.69) is 45.6 Å². The van der Waals surface area contributed by atoms with Crippen molar-refractivity contribution in [2.24, 2.45) is 0 Å². The van der Waals surface area contributed by atoms with Gasteiger partial charge in [-0.25, -0.2) is 0 Å². The number of anilines is 1. The van der Waals surface area contributed by atoms with Crippen molar-refractivity contribution in [1.29, 1.82) is 0 Å². The summed E-state index contributed by atoms with van der Waals surface area (Å²) in [6.07, 6.45) is 5.96. The van der Waals surface area contributed by atoms with E-state index >= 15 is 0 Å². The summed E-state index contributed by atoms with van der Waals surface area (Å²) in [5, 5.41) is 3.17. The monoisotopic (exact) mass is 465 g/mol. The molecule has 0 unspecified atom stereocenters. The molecule has 0 saturated carbocycles. The highest BCUT2D eigenvalue weighted by molar-refractivity contribution is 7.98. The number of thioether (sulfide) groups is 1. The Labute approximate surface area is 201 Å². The molecule has 33 heavy (non-hydrogen) atoms. The summed E-state index contributed by atoms with van der Waals surface area (Å²) in [4.78, 5) is 31.2. The molecule has 2 aromatic carbocycles. The molecule has 0 aromatic heterocycles. The van der Waals surface area contributed by atoms with E-state index in [1.807, 2.05) is 31.2 Å². The number of nitrogens with zero attached hydrogens (tertiary/aromatic N) is 2. The maximum atomic E-state index is 12.4. The van der Waals surface area contributed by atoms with Gasteiger partial charge >= 0.3 is 0 Å². The Kier molecular flexibility index (Phi) is 8.10. The Balaban J connectivity index is 1.19. The van der Waals surface area contributed by atoms with Gasteiger partial charge in [-0.1, -0.05) is 29.8 Å². The summed E-state index contributed by atoms with van der Waals surface area (Å²) in [5.74, 6) is 0.0306. The second kappa shape index (κ2) is 11.2. The summed E-state index contributed by atoms with van der Waals surface area (Å²) in [6.45, 7) is 6.10. The van der Waals surface area contributed by atoms with Crippen LogP contribution in [0.25, 0.3) is 0 Å². The zero-order valence-electron chi connectivity index (χ0n) is 19.8. The third kappa shape index (κ3) is 6.39. The number of hydrogen-bond acceptors (Lipinski definition) is 5. The first-order valence-electron chi connectivity index (χ1n) is 12.0. The number of benzene rings is 2. The predicted octanol–water partition coefficient (Wildman–Crippen LogP) is 4.54. The van der Waals surface area contributed by atoms with E-state index in [1.54, 1.807) is 11.8 Å². The predicted molar refractivity (Wildman–Crippen MR) is 136 cm³/mol. The Morgan fingerprint density at radius 1 is 1.00 bits per heavy atom. The zero-order chi connectivity index (χ0) is 23.2. The van der Waals surface area contributed by atoms with Gasteiger partial charge in [0.2, 0.25) is 5.91 Å². The lowest BCUT2D eigenvalue weighted by Crippen LogP contribution is -2.45. The van der Waals surface area contributed by atoms with E-state index < -0.39 is 0 Å². The number of aryl methyl sites for hydroxylation is 1. The van der Waals surface area contributed by atoms with Crippen LogP contribution in [0.3, 0.4) is 0 Å². The molecule has 1 amide bonds. The average Bonchev–Trinajstić information content (AvgIpc) is 3.31. The van der Waals surface area contributed by atoms with Gasteiger partial charge in [-0.3, -0.25) is 14.5 Å². The normalized spacial score (nSPS) is 19.6. The molecule has 0 spiro atoms. The number of piperidine rings is 1. The van der Waals surface area contributed by atoms with Gasteiger partial charge in [-0.2, -0.15) is 0 Å². The lowest BCUT2D eigenvalue weighted by atomic mass is 10.0. The molecule has 5 nitrogen and oxygen atoms in total. The lowest BCUT2D eigenvalue weighted by Gasteiger charge is -2.38. The molecule has 0 radical (unpaired) electrons. The van der Waals surface area contributed by atoms with Crippen LogP contribution in [-0.2, 0) is 4.79 Å². The second-order valence-corrected chi connectivity index (χ2v) is 10.1. The van der Waals surface area contributed by atoms with Crippen LogP contribution in [0.1, 0.15) is 48.0 Å². The highest BCUT2D eigenvalue weighted by atomic mass is 32.2. The number of ketones is 1. The van der Waals surface area contributed by atoms with Crippen LogP contribution in [0.15, 0.2) is 53.4 Å². The Morgan fingerprint density at radius 2 is 1.79 bits per heavy atom. The number of amides is 1. The summed E-state index contributed by atoms with van der Waals surface area (Å²) in [7, 11) is 0. The number of carbonyl (C=O) groups excluding carboxylic acids is 2. The van der Waals surface area contributed by atoms with Crippen LogP contribution in [-0.4, -0.2) is 61.1 Å². The first kappa shape index (κ1) is 23.8. The van der Waals surface area contributed by atoms with Gasteiger partial charge in [0.25, 0.3) is 0 Å². The zero-order valence-corrected chi connectivity index (χ0v) is 20.6. The van der Waals surface area contributed by atoms with Gasteiger partial charge in [-0.15, -0.1) is 11.8 Å². The van der Waals surface area contributed by atoms with E-state index in [0.29, 0.717) is 11.6 Å². The highest BCUT2D eigenvalue weighted by Gasteiger charge is 2.31. The van der Waals surface area contributed by atoms with Gasteiger partial charge in [0.15, 0.2) is 5.78 Å². The van der Waals surface area contributed by atoms with Crippen molar-refractivity contribution < 1.29 is 9.59 Å². The third-order valence-corrected chi connectivity index (χ3v) is 7.63. The Morgan fingerprint density at radius 3 is 2.55 bits per heavy atom. The fourth-order valence-corrected chi connectivity index (χ4v) is 5.48. The lowest BCUT2D eigenvalue weighted by molar-refractivity contribution is -0.121. The van der Waals surface area contributed by atoms with Crippen molar-refractivity contribution in [3.05, 3.63) is 59.7 Å². The van der Waals surface area contributed by atoms with E-state index in [0.717, 1.165) is 51.0 Å². The summed E-state index contributed by atoms with van der Waals surface area (Å²) >= 11 is 1.79. The Bertz CT molecular complexity index is 971. The van der Waals surface area contributed by atoms with Crippen LogP contribution in [0.4, 0.5) is 5.69 Å². The van der Waals surface area contributed by atoms with Crippen molar-refractivity contribution in [3.8, 4) is 0 Å². The molecular formula is C27H35N3O2S. The average molecular weight is 466 g/mol. The van der Waals surface area contributed by atoms with Crippen molar-refractivity contribution in [1.82, 2.24) is 10.2 Å². The molecule has 2 aromatic rings. The minimum Gasteiger partial charge on any atom is -0.371 e. The smallest absolute Gasteiger partial charge is 0.220 e. The molecule has 176 valence electrons. The largest absolute Gasteiger partial charge is 0.371 e. The fraction of sp³-hybridized carbons (Fsp3) is 0.481. The third-order valence-electron chi connectivity index (χ3n) is 6.90. The molecule has 2 heterocycles. The number of nitrogens with one attached hydrogen (secondary N) is 1. The van der Waals surface area contributed by atoms with Gasteiger partial charge in [0, 0.05) is 67.3 Å². The molecule has 2 aliphatic rings. The van der Waals surface area contributed by atoms with Gasteiger partial charge in [0.1, 0.15) is 0 Å². The highest BCUT2D eigenvalue weighted by Crippen LogP contribution is 2.27. The van der Waals surface area contributed by atoms with Crippen LogP contribution in [0.2, 0.25) is 0 Å². The number of likely N-dealkylation sites (tertiary alicyclic amines) is 1. The minimum absolute atomic E-state index is 0.00801. The first-order chi connectivity index (χ1) is 16.0. The molecule has 6 heteroatoms. The van der Waals surface area contributed by atoms with E-state index in [1.165, 1.54) is 10.6 Å². The fourth-order valence-electron chi connectivity index (χ4n) is 5.02. The van der Waals surface area contributed by atoms with Crippen LogP contribution in [0, 0.1) is 6.92 Å². The molecule has 2 fully saturated rings. The van der Waals surface area contributed by atoms with Crippen molar-refractivity contribution in [2.75, 3.05) is 37.3 Å². The molecule has 1 N–H and O–H groups in total. The van der Waals surface area contributed by atoms with Crippen molar-refractivity contribution >= 4 is 29.1 Å². The maximum absolute atomic E-state index is 12.4. The van der Waals surface area contributed by atoms with E-state index in [4.69, 9.17) is 0 Å². The standard InChI is InChI=1S/C27H35N3O2S/c1-20-5-3-6-21(17-20)26(31)9-10-27(32)28-22-11-14-30(19-22)23-12-15-29(16-13-23)24-7-4-8-25(18-24)33-2/h3-8,17-18,22-23H,9-16,19H2,1-2H3,(H,28,32)/t22-/m1/s1.